The Balaban J connectivity index is 1.19. The first kappa shape index (κ1) is 24.4. The van der Waals surface area contributed by atoms with Crippen LogP contribution in [0.15, 0.2) is 48.5 Å². The number of ether oxygens (including phenoxy) is 3. The Morgan fingerprint density at radius 3 is 2.37 bits per heavy atom. The maximum atomic E-state index is 13.0. The van der Waals surface area contributed by atoms with Crippen LogP contribution in [-0.2, 0) is 19.1 Å². The van der Waals surface area contributed by atoms with Crippen molar-refractivity contribution in [1.82, 2.24) is 10.2 Å². The molecule has 4 amide bonds. The molecule has 0 saturated carbocycles. The SMILES string of the molecule is O=C1CCC(N2C(=O)c3cccc(NCCOCCOCCOc4ccccc4)c3C2=O)C(=O)N1. The maximum absolute atomic E-state index is 13.0. The van der Waals surface area contributed by atoms with Crippen molar-refractivity contribution in [3.8, 4) is 5.75 Å². The summed E-state index contributed by atoms with van der Waals surface area (Å²) in [5, 5.41) is 5.32. The lowest BCUT2D eigenvalue weighted by Crippen LogP contribution is -2.54. The smallest absolute Gasteiger partial charge is 0.264 e. The molecular weight excluding hydrogens is 454 g/mol. The van der Waals surface area contributed by atoms with Gasteiger partial charge in [-0.1, -0.05) is 24.3 Å². The molecule has 1 fully saturated rings. The predicted molar refractivity (Wildman–Crippen MR) is 125 cm³/mol. The van der Waals surface area contributed by atoms with Crippen molar-refractivity contribution < 1.29 is 33.4 Å². The first-order chi connectivity index (χ1) is 17.1. The van der Waals surface area contributed by atoms with E-state index in [-0.39, 0.29) is 24.0 Å². The first-order valence-corrected chi connectivity index (χ1v) is 11.5. The Morgan fingerprint density at radius 2 is 1.60 bits per heavy atom. The average molecular weight is 482 g/mol. The van der Waals surface area contributed by atoms with E-state index in [1.807, 2.05) is 30.3 Å². The summed E-state index contributed by atoms with van der Waals surface area (Å²) in [4.78, 5) is 50.5. The van der Waals surface area contributed by atoms with Crippen molar-refractivity contribution in [3.05, 3.63) is 59.7 Å². The molecule has 2 aliphatic rings. The van der Waals surface area contributed by atoms with Crippen molar-refractivity contribution in [2.24, 2.45) is 0 Å². The van der Waals surface area contributed by atoms with Gasteiger partial charge in [0.25, 0.3) is 11.8 Å². The van der Waals surface area contributed by atoms with E-state index in [4.69, 9.17) is 14.2 Å². The van der Waals surface area contributed by atoms with E-state index >= 15 is 0 Å². The van der Waals surface area contributed by atoms with Gasteiger partial charge >= 0.3 is 0 Å². The van der Waals surface area contributed by atoms with E-state index in [2.05, 4.69) is 10.6 Å². The summed E-state index contributed by atoms with van der Waals surface area (Å²) in [6.07, 6.45) is 0.198. The zero-order valence-electron chi connectivity index (χ0n) is 19.2. The van der Waals surface area contributed by atoms with Gasteiger partial charge in [-0.05, 0) is 30.7 Å². The summed E-state index contributed by atoms with van der Waals surface area (Å²) >= 11 is 0. The lowest BCUT2D eigenvalue weighted by atomic mass is 10.0. The van der Waals surface area contributed by atoms with Gasteiger partial charge in [0, 0.05) is 18.7 Å². The number of carbonyl (C=O) groups is 4. The molecule has 35 heavy (non-hydrogen) atoms. The number of nitrogens with zero attached hydrogens (tertiary/aromatic N) is 1. The van der Waals surface area contributed by atoms with Crippen LogP contribution in [0, 0.1) is 0 Å². The van der Waals surface area contributed by atoms with Crippen molar-refractivity contribution in [2.75, 3.05) is 44.9 Å². The zero-order chi connectivity index (χ0) is 24.6. The van der Waals surface area contributed by atoms with Gasteiger partial charge < -0.3 is 19.5 Å². The molecule has 4 rings (SSSR count). The Labute approximate surface area is 202 Å². The number of amides is 4. The van der Waals surface area contributed by atoms with Crippen LogP contribution in [0.25, 0.3) is 0 Å². The summed E-state index contributed by atoms with van der Waals surface area (Å²) in [6.45, 7) is 2.51. The summed E-state index contributed by atoms with van der Waals surface area (Å²) < 4.78 is 16.6. The van der Waals surface area contributed by atoms with Crippen LogP contribution in [-0.4, -0.2) is 74.1 Å². The highest BCUT2D eigenvalue weighted by Gasteiger charge is 2.45. The fourth-order valence-corrected chi connectivity index (χ4v) is 3.98. The predicted octanol–water partition coefficient (Wildman–Crippen LogP) is 1.61. The highest BCUT2D eigenvalue weighted by Crippen LogP contribution is 2.32. The average Bonchev–Trinajstić information content (AvgIpc) is 3.11. The van der Waals surface area contributed by atoms with Gasteiger partial charge in [0.2, 0.25) is 11.8 Å². The minimum Gasteiger partial charge on any atom is -0.491 e. The summed E-state index contributed by atoms with van der Waals surface area (Å²) in [5.74, 6) is -1.32. The second-order valence-corrected chi connectivity index (χ2v) is 7.99. The van der Waals surface area contributed by atoms with Gasteiger partial charge in [-0.25, -0.2) is 0 Å². The Bertz CT molecular complexity index is 1090. The van der Waals surface area contributed by atoms with Gasteiger partial charge in [0.1, 0.15) is 18.4 Å². The molecule has 0 aliphatic carbocycles. The summed E-state index contributed by atoms with van der Waals surface area (Å²) in [5.41, 5.74) is 0.953. The summed E-state index contributed by atoms with van der Waals surface area (Å²) in [7, 11) is 0. The summed E-state index contributed by atoms with van der Waals surface area (Å²) in [6, 6.07) is 13.4. The van der Waals surface area contributed by atoms with E-state index in [9.17, 15) is 19.2 Å². The van der Waals surface area contributed by atoms with Crippen LogP contribution in [0.5, 0.6) is 5.75 Å². The molecule has 10 nitrogen and oxygen atoms in total. The molecule has 10 heteroatoms. The minimum absolute atomic E-state index is 0.0794. The van der Waals surface area contributed by atoms with Gasteiger partial charge in [-0.15, -0.1) is 0 Å². The third kappa shape index (κ3) is 5.84. The number of para-hydroxylation sites is 1. The highest BCUT2D eigenvalue weighted by atomic mass is 16.5. The number of nitrogens with one attached hydrogen (secondary N) is 2. The Kier molecular flexibility index (Phi) is 8.07. The maximum Gasteiger partial charge on any atom is 0.264 e. The second-order valence-electron chi connectivity index (χ2n) is 7.99. The molecule has 184 valence electrons. The zero-order valence-corrected chi connectivity index (χ0v) is 19.2. The Hall–Kier alpha value is -3.76. The van der Waals surface area contributed by atoms with Crippen molar-refractivity contribution in [1.29, 1.82) is 0 Å². The van der Waals surface area contributed by atoms with Crippen molar-refractivity contribution >= 4 is 29.3 Å². The van der Waals surface area contributed by atoms with Gasteiger partial charge in [0.05, 0.1) is 37.6 Å². The van der Waals surface area contributed by atoms with Gasteiger partial charge in [-0.2, -0.15) is 0 Å². The molecule has 0 radical (unpaired) electrons. The van der Waals surface area contributed by atoms with Gasteiger partial charge in [-0.3, -0.25) is 29.4 Å². The fourth-order valence-electron chi connectivity index (χ4n) is 3.98. The van der Waals surface area contributed by atoms with Crippen LogP contribution in [0.4, 0.5) is 5.69 Å². The largest absolute Gasteiger partial charge is 0.491 e. The monoisotopic (exact) mass is 481 g/mol. The number of piperidine rings is 1. The number of imide groups is 2. The molecule has 0 aromatic heterocycles. The number of hydrogen-bond donors (Lipinski definition) is 2. The molecule has 2 N–H and O–H groups in total. The quantitative estimate of drug-likeness (QED) is 0.346. The molecule has 1 unspecified atom stereocenters. The van der Waals surface area contributed by atoms with E-state index in [1.165, 1.54) is 0 Å². The standard InChI is InChI=1S/C25H27N3O7/c29-21-10-9-20(23(30)27-21)28-24(31)18-7-4-8-19(22(18)25(28)32)26-11-12-33-13-14-34-15-16-35-17-5-2-1-3-6-17/h1-8,20,26H,9-16H2,(H,27,29,30). The number of carbonyl (C=O) groups excluding carboxylic acids is 4. The van der Waals surface area contributed by atoms with Crippen LogP contribution in [0.1, 0.15) is 33.6 Å². The molecule has 2 heterocycles. The Morgan fingerprint density at radius 1 is 0.857 bits per heavy atom. The van der Waals surface area contributed by atoms with E-state index in [0.717, 1.165) is 10.6 Å². The molecular formula is C25H27N3O7. The third-order valence-electron chi connectivity index (χ3n) is 5.64. The molecule has 2 aromatic carbocycles. The van der Waals surface area contributed by atoms with E-state index in [1.54, 1.807) is 18.2 Å². The van der Waals surface area contributed by atoms with Crippen LogP contribution >= 0.6 is 0 Å². The topological polar surface area (TPSA) is 123 Å². The van der Waals surface area contributed by atoms with Crippen LogP contribution in [0.2, 0.25) is 0 Å². The number of fused-ring (bicyclic) bond motifs is 1. The van der Waals surface area contributed by atoms with Gasteiger partial charge in [0.15, 0.2) is 0 Å². The third-order valence-corrected chi connectivity index (χ3v) is 5.64. The van der Waals surface area contributed by atoms with Crippen molar-refractivity contribution in [3.63, 3.8) is 0 Å². The number of rotatable bonds is 12. The number of anilines is 1. The molecule has 0 bridgehead atoms. The van der Waals surface area contributed by atoms with Crippen molar-refractivity contribution in [2.45, 2.75) is 18.9 Å². The normalized spacial score (nSPS) is 17.4. The molecule has 2 aliphatic heterocycles. The first-order valence-electron chi connectivity index (χ1n) is 11.5. The number of benzene rings is 2. The van der Waals surface area contributed by atoms with E-state index < -0.39 is 29.7 Å². The lowest BCUT2D eigenvalue weighted by molar-refractivity contribution is -0.136. The second kappa shape index (κ2) is 11.6. The molecule has 1 atom stereocenters. The lowest BCUT2D eigenvalue weighted by Gasteiger charge is -2.27. The fraction of sp³-hybridized carbons (Fsp3) is 0.360. The van der Waals surface area contributed by atoms with Crippen LogP contribution in [0.3, 0.4) is 0 Å². The molecule has 2 aromatic rings. The van der Waals surface area contributed by atoms with Crippen LogP contribution < -0.4 is 15.4 Å². The van der Waals surface area contributed by atoms with E-state index in [0.29, 0.717) is 45.3 Å². The highest BCUT2D eigenvalue weighted by molar-refractivity contribution is 6.25. The molecule has 0 spiro atoms. The minimum atomic E-state index is -0.991. The molecule has 1 saturated heterocycles. The number of hydrogen-bond acceptors (Lipinski definition) is 8.